The molecule has 0 aliphatic carbocycles. The molecule has 0 atom stereocenters. The number of rotatable bonds is 5. The highest BCUT2D eigenvalue weighted by Crippen LogP contribution is 2.26. The van der Waals surface area contributed by atoms with Crippen molar-refractivity contribution in [2.24, 2.45) is 0 Å². The second-order valence-electron chi connectivity index (χ2n) is 8.49. The van der Waals surface area contributed by atoms with Crippen LogP contribution in [0.4, 0.5) is 0 Å². The predicted molar refractivity (Wildman–Crippen MR) is 135 cm³/mol. The standard InChI is InChI=1S/C28H24N4O2/c1-18(2)32(17-26-30-24-15-9-7-13-21(24)27(33)31-26)28(34)22-16-25(19-10-4-3-5-11-19)29-23-14-8-6-12-20(22)23/h3-16,18H,17H2,1-2H3,(H,30,31,33). The largest absolute Gasteiger partial charge is 0.329 e. The number of aromatic nitrogens is 3. The molecule has 34 heavy (non-hydrogen) atoms. The summed E-state index contributed by atoms with van der Waals surface area (Å²) < 4.78 is 0. The van der Waals surface area contributed by atoms with Crippen LogP contribution in [0.2, 0.25) is 0 Å². The Bertz CT molecular complexity index is 1560. The molecule has 3 aromatic carbocycles. The molecule has 0 saturated heterocycles. The average Bonchev–Trinajstić information content (AvgIpc) is 2.86. The number of nitrogens with zero attached hydrogens (tertiary/aromatic N) is 3. The topological polar surface area (TPSA) is 79.0 Å². The van der Waals surface area contributed by atoms with E-state index >= 15 is 0 Å². The van der Waals surface area contributed by atoms with E-state index in [0.29, 0.717) is 22.3 Å². The summed E-state index contributed by atoms with van der Waals surface area (Å²) in [6.45, 7) is 4.10. The SMILES string of the molecule is CC(C)N(Cc1nc2ccccc2c(=O)[nH]1)C(=O)c1cc(-c2ccccc2)nc2ccccc12. The number of nitrogens with one attached hydrogen (secondary N) is 1. The Morgan fingerprint density at radius 3 is 2.18 bits per heavy atom. The lowest BCUT2D eigenvalue weighted by Gasteiger charge is -2.27. The maximum atomic E-state index is 13.9. The Balaban J connectivity index is 1.59. The number of benzene rings is 3. The van der Waals surface area contributed by atoms with Gasteiger partial charge in [-0.2, -0.15) is 0 Å². The summed E-state index contributed by atoms with van der Waals surface area (Å²) in [5.74, 6) is 0.314. The normalized spacial score (nSPS) is 11.3. The first-order valence-electron chi connectivity index (χ1n) is 11.3. The number of aromatic amines is 1. The van der Waals surface area contributed by atoms with E-state index in [1.54, 1.807) is 17.0 Å². The van der Waals surface area contributed by atoms with Crippen LogP contribution in [-0.4, -0.2) is 31.8 Å². The molecule has 6 heteroatoms. The number of carbonyl (C=O) groups excluding carboxylic acids is 1. The second kappa shape index (κ2) is 8.90. The van der Waals surface area contributed by atoms with E-state index in [4.69, 9.17) is 4.98 Å². The summed E-state index contributed by atoms with van der Waals surface area (Å²) >= 11 is 0. The van der Waals surface area contributed by atoms with Gasteiger partial charge in [-0.1, -0.05) is 60.7 Å². The van der Waals surface area contributed by atoms with E-state index in [-0.39, 0.29) is 24.1 Å². The fraction of sp³-hybridized carbons (Fsp3) is 0.143. The molecule has 5 aromatic rings. The first kappa shape index (κ1) is 21.5. The van der Waals surface area contributed by atoms with Crippen LogP contribution in [0.15, 0.2) is 89.7 Å². The molecule has 0 saturated carbocycles. The fourth-order valence-corrected chi connectivity index (χ4v) is 4.12. The molecule has 2 heterocycles. The summed E-state index contributed by atoms with van der Waals surface area (Å²) in [7, 11) is 0. The quantitative estimate of drug-likeness (QED) is 0.401. The van der Waals surface area contributed by atoms with Crippen LogP contribution < -0.4 is 5.56 Å². The molecular weight excluding hydrogens is 424 g/mol. The first-order chi connectivity index (χ1) is 16.5. The van der Waals surface area contributed by atoms with Gasteiger partial charge in [0.2, 0.25) is 0 Å². The number of H-pyrrole nitrogens is 1. The lowest BCUT2D eigenvalue weighted by atomic mass is 10.0. The Kier molecular flexibility index (Phi) is 5.64. The molecular formula is C28H24N4O2. The Morgan fingerprint density at radius 2 is 1.47 bits per heavy atom. The minimum Gasteiger partial charge on any atom is -0.329 e. The maximum absolute atomic E-state index is 13.9. The van der Waals surface area contributed by atoms with Crippen molar-refractivity contribution in [1.29, 1.82) is 0 Å². The number of para-hydroxylation sites is 2. The van der Waals surface area contributed by atoms with Crippen molar-refractivity contribution in [2.45, 2.75) is 26.4 Å². The zero-order valence-corrected chi connectivity index (χ0v) is 19.0. The van der Waals surface area contributed by atoms with Gasteiger partial charge in [0.15, 0.2) is 0 Å². The van der Waals surface area contributed by atoms with Crippen LogP contribution in [0.3, 0.4) is 0 Å². The van der Waals surface area contributed by atoms with Gasteiger partial charge in [-0.25, -0.2) is 9.97 Å². The molecule has 1 N–H and O–H groups in total. The highest BCUT2D eigenvalue weighted by Gasteiger charge is 2.23. The Morgan fingerprint density at radius 1 is 0.853 bits per heavy atom. The summed E-state index contributed by atoms with van der Waals surface area (Å²) in [4.78, 5) is 40.4. The van der Waals surface area contributed by atoms with Crippen molar-refractivity contribution in [3.8, 4) is 11.3 Å². The average molecular weight is 449 g/mol. The van der Waals surface area contributed by atoms with Gasteiger partial charge in [0.25, 0.3) is 11.5 Å². The lowest BCUT2D eigenvalue weighted by Crippen LogP contribution is -2.37. The van der Waals surface area contributed by atoms with Crippen molar-refractivity contribution in [1.82, 2.24) is 19.9 Å². The van der Waals surface area contributed by atoms with Crippen LogP contribution in [0.25, 0.3) is 33.1 Å². The third-order valence-corrected chi connectivity index (χ3v) is 5.88. The first-order valence-corrected chi connectivity index (χ1v) is 11.3. The highest BCUT2D eigenvalue weighted by atomic mass is 16.2. The summed E-state index contributed by atoms with van der Waals surface area (Å²) in [6, 6.07) is 26.4. The molecule has 0 aliphatic heterocycles. The molecule has 0 spiro atoms. The molecule has 0 aliphatic rings. The van der Waals surface area contributed by atoms with E-state index in [9.17, 15) is 9.59 Å². The predicted octanol–water partition coefficient (Wildman–Crippen LogP) is 5.19. The minimum atomic E-state index is -0.211. The molecule has 1 amide bonds. The van der Waals surface area contributed by atoms with Crippen LogP contribution in [0, 0.1) is 0 Å². The van der Waals surface area contributed by atoms with Gasteiger partial charge >= 0.3 is 0 Å². The third kappa shape index (κ3) is 4.06. The van der Waals surface area contributed by atoms with Crippen molar-refractivity contribution >= 4 is 27.7 Å². The zero-order valence-electron chi connectivity index (χ0n) is 19.0. The van der Waals surface area contributed by atoms with E-state index in [1.165, 1.54) is 0 Å². The van der Waals surface area contributed by atoms with E-state index in [2.05, 4.69) is 9.97 Å². The van der Waals surface area contributed by atoms with Crippen LogP contribution >= 0.6 is 0 Å². The monoisotopic (exact) mass is 448 g/mol. The van der Waals surface area contributed by atoms with Crippen LogP contribution in [0.1, 0.15) is 30.0 Å². The maximum Gasteiger partial charge on any atom is 0.258 e. The van der Waals surface area contributed by atoms with E-state index in [0.717, 1.165) is 22.2 Å². The fourth-order valence-electron chi connectivity index (χ4n) is 4.12. The van der Waals surface area contributed by atoms with Gasteiger partial charge in [-0.3, -0.25) is 9.59 Å². The number of carbonyl (C=O) groups is 1. The molecule has 2 aromatic heterocycles. The van der Waals surface area contributed by atoms with Crippen molar-refractivity contribution in [3.63, 3.8) is 0 Å². The molecule has 0 radical (unpaired) electrons. The summed E-state index contributed by atoms with van der Waals surface area (Å²) in [5.41, 5.74) is 3.41. The van der Waals surface area contributed by atoms with Gasteiger partial charge < -0.3 is 9.88 Å². The number of hydrogen-bond acceptors (Lipinski definition) is 4. The van der Waals surface area contributed by atoms with Gasteiger partial charge in [0, 0.05) is 17.0 Å². The van der Waals surface area contributed by atoms with Gasteiger partial charge in [0.05, 0.1) is 34.2 Å². The van der Waals surface area contributed by atoms with Gasteiger partial charge in [0.1, 0.15) is 5.82 Å². The number of fused-ring (bicyclic) bond motifs is 2. The van der Waals surface area contributed by atoms with Gasteiger partial charge in [-0.15, -0.1) is 0 Å². The van der Waals surface area contributed by atoms with Crippen molar-refractivity contribution in [3.05, 3.63) is 107 Å². The van der Waals surface area contributed by atoms with Crippen molar-refractivity contribution in [2.75, 3.05) is 0 Å². The minimum absolute atomic E-state index is 0.114. The molecule has 6 nitrogen and oxygen atoms in total. The molecule has 0 fully saturated rings. The summed E-state index contributed by atoms with van der Waals surface area (Å²) in [6.07, 6.45) is 0. The van der Waals surface area contributed by atoms with E-state index in [1.807, 2.05) is 86.6 Å². The van der Waals surface area contributed by atoms with Crippen molar-refractivity contribution < 1.29 is 4.79 Å². The molecule has 0 bridgehead atoms. The highest BCUT2D eigenvalue weighted by molar-refractivity contribution is 6.07. The van der Waals surface area contributed by atoms with Crippen LogP contribution in [0.5, 0.6) is 0 Å². The Hall–Kier alpha value is -4.32. The van der Waals surface area contributed by atoms with Crippen LogP contribution in [-0.2, 0) is 6.54 Å². The smallest absolute Gasteiger partial charge is 0.258 e. The van der Waals surface area contributed by atoms with E-state index < -0.39 is 0 Å². The third-order valence-electron chi connectivity index (χ3n) is 5.88. The molecule has 0 unspecified atom stereocenters. The number of amides is 1. The molecule has 5 rings (SSSR count). The summed E-state index contributed by atoms with van der Waals surface area (Å²) in [5, 5.41) is 1.32. The Labute approximate surface area is 196 Å². The van der Waals surface area contributed by atoms with Gasteiger partial charge in [-0.05, 0) is 38.1 Å². The number of hydrogen-bond donors (Lipinski definition) is 1. The lowest BCUT2D eigenvalue weighted by molar-refractivity contribution is 0.0687. The number of pyridine rings is 1. The molecule has 168 valence electrons. The zero-order chi connectivity index (χ0) is 23.7. The second-order valence-corrected chi connectivity index (χ2v) is 8.49.